The van der Waals surface area contributed by atoms with Gasteiger partial charge in [0.2, 0.25) is 0 Å². The Balaban J connectivity index is 2.62. The molecule has 1 unspecified atom stereocenters. The first-order valence-corrected chi connectivity index (χ1v) is 6.50. The molecule has 0 bridgehead atoms. The van der Waals surface area contributed by atoms with Crippen LogP contribution in [0.4, 0.5) is 17.6 Å². The van der Waals surface area contributed by atoms with Gasteiger partial charge in [-0.2, -0.15) is 0 Å². The molecule has 0 aliphatic rings. The van der Waals surface area contributed by atoms with Gasteiger partial charge in [-0.3, -0.25) is 0 Å². The van der Waals surface area contributed by atoms with Crippen LogP contribution < -0.4 is 5.32 Å². The predicted molar refractivity (Wildman–Crippen MR) is 71.3 cm³/mol. The molecule has 0 spiro atoms. The summed E-state index contributed by atoms with van der Waals surface area (Å²) in [6, 6.07) is 4.52. The maximum atomic E-state index is 13.9. The van der Waals surface area contributed by atoms with Crippen LogP contribution in [-0.4, -0.2) is 7.05 Å². The van der Waals surface area contributed by atoms with E-state index in [1.807, 2.05) is 0 Å². The molecule has 0 radical (unpaired) electrons. The number of rotatable bonds is 3. The summed E-state index contributed by atoms with van der Waals surface area (Å²) in [7, 11) is 1.41. The lowest BCUT2D eigenvalue weighted by molar-refractivity contribution is 0.473. The minimum absolute atomic E-state index is 0.160. The van der Waals surface area contributed by atoms with Gasteiger partial charge in [0.05, 0.1) is 6.04 Å². The van der Waals surface area contributed by atoms with Crippen LogP contribution >= 0.6 is 15.9 Å². The Kier molecular flexibility index (Phi) is 4.45. The quantitative estimate of drug-likeness (QED) is 0.815. The van der Waals surface area contributed by atoms with E-state index in [0.29, 0.717) is 0 Å². The summed E-state index contributed by atoms with van der Waals surface area (Å²) in [5.41, 5.74) is -0.521. The van der Waals surface area contributed by atoms with E-state index in [0.717, 1.165) is 18.2 Å². The van der Waals surface area contributed by atoms with Crippen LogP contribution in [0.3, 0.4) is 0 Å². The van der Waals surface area contributed by atoms with Crippen molar-refractivity contribution in [2.75, 3.05) is 7.05 Å². The summed E-state index contributed by atoms with van der Waals surface area (Å²) in [5.74, 6) is -3.89. The molecule has 1 atom stereocenters. The third kappa shape index (κ3) is 2.71. The second kappa shape index (κ2) is 5.93. The van der Waals surface area contributed by atoms with E-state index in [9.17, 15) is 17.6 Å². The molecule has 0 fully saturated rings. The van der Waals surface area contributed by atoms with Crippen molar-refractivity contribution < 1.29 is 17.6 Å². The van der Waals surface area contributed by atoms with Crippen LogP contribution in [0.5, 0.6) is 0 Å². The number of halogens is 5. The van der Waals surface area contributed by atoms with Crippen LogP contribution in [0.15, 0.2) is 34.8 Å². The fourth-order valence-electron chi connectivity index (χ4n) is 2.03. The number of hydrogen-bond donors (Lipinski definition) is 1. The third-order valence-corrected chi connectivity index (χ3v) is 3.37. The highest BCUT2D eigenvalue weighted by Gasteiger charge is 2.25. The molecule has 0 saturated carbocycles. The van der Waals surface area contributed by atoms with Gasteiger partial charge in [0.25, 0.3) is 0 Å². The van der Waals surface area contributed by atoms with E-state index < -0.39 is 29.3 Å². The van der Waals surface area contributed by atoms with Crippen molar-refractivity contribution in [2.24, 2.45) is 0 Å². The summed E-state index contributed by atoms with van der Waals surface area (Å²) < 4.78 is 55.2. The number of hydrogen-bond acceptors (Lipinski definition) is 1. The highest BCUT2D eigenvalue weighted by molar-refractivity contribution is 9.10. The highest BCUT2D eigenvalue weighted by atomic mass is 79.9. The van der Waals surface area contributed by atoms with Gasteiger partial charge in [0, 0.05) is 15.6 Å². The summed E-state index contributed by atoms with van der Waals surface area (Å²) in [6.45, 7) is 0. The lowest BCUT2D eigenvalue weighted by Crippen LogP contribution is -2.22. The lowest BCUT2D eigenvalue weighted by atomic mass is 9.97. The maximum absolute atomic E-state index is 13.9. The lowest BCUT2D eigenvalue weighted by Gasteiger charge is -2.19. The molecule has 6 heteroatoms. The van der Waals surface area contributed by atoms with Gasteiger partial charge in [-0.25, -0.2) is 17.6 Å². The van der Waals surface area contributed by atoms with Crippen molar-refractivity contribution in [1.82, 2.24) is 5.32 Å². The molecular formula is C14H10BrF4N. The van der Waals surface area contributed by atoms with Gasteiger partial charge in [-0.15, -0.1) is 0 Å². The van der Waals surface area contributed by atoms with E-state index in [2.05, 4.69) is 21.2 Å². The molecule has 106 valence electrons. The molecule has 0 amide bonds. The van der Waals surface area contributed by atoms with E-state index in [-0.39, 0.29) is 15.6 Å². The van der Waals surface area contributed by atoms with Crippen molar-refractivity contribution in [2.45, 2.75) is 6.04 Å². The normalized spacial score (nSPS) is 12.5. The van der Waals surface area contributed by atoms with E-state index in [4.69, 9.17) is 0 Å². The van der Waals surface area contributed by atoms with Gasteiger partial charge in [-0.05, 0) is 25.2 Å². The average molecular weight is 348 g/mol. The summed E-state index contributed by atoms with van der Waals surface area (Å²) in [6.07, 6.45) is 0. The van der Waals surface area contributed by atoms with Crippen molar-refractivity contribution in [3.8, 4) is 0 Å². The second-order valence-corrected chi connectivity index (χ2v) is 5.06. The van der Waals surface area contributed by atoms with Crippen LogP contribution in [-0.2, 0) is 0 Å². The predicted octanol–water partition coefficient (Wildman–Crippen LogP) is 4.31. The van der Waals surface area contributed by atoms with Gasteiger partial charge < -0.3 is 5.32 Å². The molecule has 1 N–H and O–H groups in total. The summed E-state index contributed by atoms with van der Waals surface area (Å²) in [5, 5.41) is 2.60. The minimum Gasteiger partial charge on any atom is -0.309 e. The first kappa shape index (κ1) is 15.0. The van der Waals surface area contributed by atoms with Crippen LogP contribution in [0.25, 0.3) is 0 Å². The highest BCUT2D eigenvalue weighted by Crippen LogP contribution is 2.31. The topological polar surface area (TPSA) is 12.0 Å². The Bertz CT molecular complexity index is 622. The van der Waals surface area contributed by atoms with Crippen molar-refractivity contribution in [3.05, 3.63) is 69.2 Å². The largest absolute Gasteiger partial charge is 0.309 e. The summed E-state index contributed by atoms with van der Waals surface area (Å²) in [4.78, 5) is 0. The molecule has 1 nitrogen and oxygen atoms in total. The molecule has 0 saturated heterocycles. The van der Waals surface area contributed by atoms with Gasteiger partial charge >= 0.3 is 0 Å². The molecule has 0 aliphatic heterocycles. The molecule has 2 aromatic carbocycles. The first-order valence-electron chi connectivity index (χ1n) is 5.71. The molecule has 0 aliphatic carbocycles. The zero-order valence-corrected chi connectivity index (χ0v) is 11.9. The van der Waals surface area contributed by atoms with Gasteiger partial charge in [0.1, 0.15) is 11.6 Å². The smallest absolute Gasteiger partial charge is 0.163 e. The van der Waals surface area contributed by atoms with Gasteiger partial charge in [-0.1, -0.05) is 28.1 Å². The Hall–Kier alpha value is -1.40. The molecular weight excluding hydrogens is 338 g/mol. The number of benzene rings is 2. The van der Waals surface area contributed by atoms with Crippen LogP contribution in [0.2, 0.25) is 0 Å². The second-order valence-electron chi connectivity index (χ2n) is 4.15. The summed E-state index contributed by atoms with van der Waals surface area (Å²) >= 11 is 2.97. The van der Waals surface area contributed by atoms with Gasteiger partial charge in [0.15, 0.2) is 11.6 Å². The third-order valence-electron chi connectivity index (χ3n) is 2.91. The molecule has 0 heterocycles. The van der Waals surface area contributed by atoms with E-state index in [1.165, 1.54) is 19.2 Å². The minimum atomic E-state index is -1.13. The fraction of sp³-hybridized carbons (Fsp3) is 0.143. The SMILES string of the molecule is CNC(c1cccc(F)c1F)c1c(F)cc(Br)cc1F. The Morgan fingerprint density at radius 3 is 2.15 bits per heavy atom. The fourth-order valence-corrected chi connectivity index (χ4v) is 2.43. The van der Waals surface area contributed by atoms with E-state index in [1.54, 1.807) is 0 Å². The van der Waals surface area contributed by atoms with Crippen LogP contribution in [0.1, 0.15) is 17.2 Å². The Morgan fingerprint density at radius 2 is 1.60 bits per heavy atom. The van der Waals surface area contributed by atoms with Crippen LogP contribution in [0, 0.1) is 23.3 Å². The zero-order valence-electron chi connectivity index (χ0n) is 10.4. The Morgan fingerprint density at radius 1 is 1.00 bits per heavy atom. The molecule has 2 aromatic rings. The standard InChI is InChI=1S/C14H10BrF4N/c1-20-14(8-3-2-4-9(16)13(8)19)12-10(17)5-7(15)6-11(12)18/h2-6,14,20H,1H3. The van der Waals surface area contributed by atoms with Crippen molar-refractivity contribution >= 4 is 15.9 Å². The monoisotopic (exact) mass is 347 g/mol. The van der Waals surface area contributed by atoms with Crippen molar-refractivity contribution in [1.29, 1.82) is 0 Å². The number of nitrogens with one attached hydrogen (secondary N) is 1. The van der Waals surface area contributed by atoms with Crippen molar-refractivity contribution in [3.63, 3.8) is 0 Å². The maximum Gasteiger partial charge on any atom is 0.163 e. The molecule has 0 aromatic heterocycles. The average Bonchev–Trinajstić information content (AvgIpc) is 2.37. The first-order chi connectivity index (χ1) is 9.45. The molecule has 2 rings (SSSR count). The Labute approximate surface area is 121 Å². The zero-order chi connectivity index (χ0) is 14.9. The van der Waals surface area contributed by atoms with E-state index >= 15 is 0 Å². The molecule has 20 heavy (non-hydrogen) atoms.